The van der Waals surface area contributed by atoms with Crippen LogP contribution in [0.5, 0.6) is 0 Å². The summed E-state index contributed by atoms with van der Waals surface area (Å²) in [5.41, 5.74) is -3.03. The van der Waals surface area contributed by atoms with Crippen molar-refractivity contribution in [3.05, 3.63) is 36.0 Å². The van der Waals surface area contributed by atoms with Crippen molar-refractivity contribution in [3.63, 3.8) is 0 Å². The average molecular weight is 466 g/mol. The van der Waals surface area contributed by atoms with E-state index in [0.717, 1.165) is 0 Å². The van der Waals surface area contributed by atoms with Gasteiger partial charge in [-0.2, -0.15) is 0 Å². The molecule has 0 aromatic rings. The molecule has 3 fully saturated rings. The molecule has 176 valence electrons. The number of hydrogen-bond donors (Lipinski definition) is 1. The van der Waals surface area contributed by atoms with E-state index in [4.69, 9.17) is 0 Å². The van der Waals surface area contributed by atoms with Crippen LogP contribution in [0.2, 0.25) is 0 Å². The van der Waals surface area contributed by atoms with E-state index >= 15 is 8.78 Å². The summed E-state index contributed by atoms with van der Waals surface area (Å²) < 4.78 is 32.6. The quantitative estimate of drug-likeness (QED) is 0.586. The predicted octanol–water partition coefficient (Wildman–Crippen LogP) is 5.10. The van der Waals surface area contributed by atoms with E-state index in [0.29, 0.717) is 29.3 Å². The molecule has 1 N–H and O–H groups in total. The number of thioether (sulfide) groups is 1. The number of carbonyl (C=O) groups is 2. The lowest BCUT2D eigenvalue weighted by Gasteiger charge is -2.62. The molecule has 32 heavy (non-hydrogen) atoms. The Morgan fingerprint density at radius 1 is 1.25 bits per heavy atom. The van der Waals surface area contributed by atoms with Crippen LogP contribution in [0.3, 0.4) is 0 Å². The van der Waals surface area contributed by atoms with E-state index in [1.165, 1.54) is 4.90 Å². The lowest BCUT2D eigenvalue weighted by atomic mass is 9.45. The molecule has 4 aliphatic rings. The van der Waals surface area contributed by atoms with E-state index in [1.54, 1.807) is 39.2 Å². The summed E-state index contributed by atoms with van der Waals surface area (Å²) in [6.45, 7) is 9.42. The number of hydrogen-bond acceptors (Lipinski definition) is 4. The number of alkyl halides is 2. The van der Waals surface area contributed by atoms with Gasteiger partial charge in [-0.25, -0.2) is 8.78 Å². The number of rotatable bonds is 1. The van der Waals surface area contributed by atoms with Crippen LogP contribution < -0.4 is 0 Å². The highest BCUT2D eigenvalue weighted by atomic mass is 32.2. The predicted molar refractivity (Wildman–Crippen MR) is 122 cm³/mol. The van der Waals surface area contributed by atoms with Crippen LogP contribution >= 0.6 is 11.8 Å². The number of allylic oxidation sites excluding steroid dienone is 5. The van der Waals surface area contributed by atoms with Crippen LogP contribution in [-0.4, -0.2) is 52.4 Å². The van der Waals surface area contributed by atoms with Gasteiger partial charge in [-0.3, -0.25) is 9.59 Å². The van der Waals surface area contributed by atoms with E-state index in [-0.39, 0.29) is 35.0 Å². The molecule has 0 bridgehead atoms. The van der Waals surface area contributed by atoms with Crippen LogP contribution in [0.25, 0.3) is 0 Å². The number of halogens is 2. The molecule has 4 aliphatic carbocycles. The molecule has 3 saturated carbocycles. The molecule has 7 heteroatoms. The number of aliphatic hydroxyl groups is 1. The monoisotopic (exact) mass is 465 g/mol. The van der Waals surface area contributed by atoms with Crippen molar-refractivity contribution in [1.82, 2.24) is 4.90 Å². The van der Waals surface area contributed by atoms with Crippen molar-refractivity contribution in [1.29, 1.82) is 0 Å². The molecule has 0 heterocycles. The number of fused-ring (bicyclic) bond motifs is 5. The largest absolute Gasteiger partial charge is 0.390 e. The smallest absolute Gasteiger partial charge is 0.288 e. The first kappa shape index (κ1) is 23.7. The molecule has 0 spiro atoms. The van der Waals surface area contributed by atoms with Crippen molar-refractivity contribution in [2.24, 2.45) is 34.5 Å². The molecule has 1 amide bonds. The van der Waals surface area contributed by atoms with Crippen LogP contribution in [0.1, 0.15) is 40.0 Å². The number of carbonyl (C=O) groups excluding carboxylic acids is 2. The van der Waals surface area contributed by atoms with Crippen LogP contribution in [0.4, 0.5) is 13.6 Å². The van der Waals surface area contributed by atoms with Gasteiger partial charge in [-0.1, -0.05) is 38.7 Å². The third-order valence-corrected chi connectivity index (χ3v) is 9.86. The van der Waals surface area contributed by atoms with E-state index in [9.17, 15) is 14.7 Å². The zero-order valence-corrected chi connectivity index (χ0v) is 20.2. The van der Waals surface area contributed by atoms with Crippen LogP contribution in [-0.2, 0) is 4.79 Å². The third-order valence-electron chi connectivity index (χ3n) is 8.87. The normalized spacial score (nSPS) is 47.2. The lowest BCUT2D eigenvalue weighted by Crippen LogP contribution is -2.68. The molecule has 0 radical (unpaired) electrons. The zero-order valence-electron chi connectivity index (χ0n) is 19.4. The highest BCUT2D eigenvalue weighted by Crippen LogP contribution is 2.70. The summed E-state index contributed by atoms with van der Waals surface area (Å²) in [5.74, 6) is -1.56. The Hall–Kier alpha value is -1.47. The van der Waals surface area contributed by atoms with Gasteiger partial charge in [0.05, 0.1) is 6.10 Å². The fraction of sp³-hybridized carbons (Fsp3) is 0.680. The standard InChI is InChI=1S/C25H33F2NO3S/c1-13-7-8-24(4)17(9-13)18(26)11-16-15-10-14(2)20(21(30)32-22(31)28(5)6)23(15,3)12-19(29)25(16,24)27/h7-9,14-16,18-20,29H,1,10-12H2,2-6H3/t14-,15?,16?,18+,19?,20?,23?,24?,25+/m1/s1. The molecule has 9 atom stereocenters. The maximum Gasteiger partial charge on any atom is 0.288 e. The van der Waals surface area contributed by atoms with Gasteiger partial charge in [0.15, 0.2) is 5.67 Å². The topological polar surface area (TPSA) is 57.6 Å². The maximum atomic E-state index is 17.1. The SMILES string of the molecule is C=C1C=CC2(C)C(=C1)[C@@H](F)CC1C3C[C@@H](C)C(C(=O)SC(=O)N(C)C)C3(C)CC(O)[C@@]12F. The summed E-state index contributed by atoms with van der Waals surface area (Å²) in [6.07, 6.45) is 2.97. The molecule has 0 aromatic heterocycles. The molecule has 4 rings (SSSR count). The Kier molecular flexibility index (Phi) is 5.57. The van der Waals surface area contributed by atoms with Gasteiger partial charge in [0.1, 0.15) is 6.17 Å². The second-order valence-corrected chi connectivity index (χ2v) is 11.8. The Balaban J connectivity index is 1.74. The minimum absolute atomic E-state index is 0.0201. The number of aliphatic hydroxyl groups excluding tert-OH is 1. The molecular formula is C25H33F2NO3S. The van der Waals surface area contributed by atoms with Gasteiger partial charge in [-0.15, -0.1) is 0 Å². The Morgan fingerprint density at radius 2 is 1.91 bits per heavy atom. The summed E-state index contributed by atoms with van der Waals surface area (Å²) in [7, 11) is 3.18. The van der Waals surface area contributed by atoms with Gasteiger partial charge in [0.25, 0.3) is 5.24 Å². The molecule has 0 saturated heterocycles. The number of nitrogens with zero attached hydrogens (tertiary/aromatic N) is 1. The lowest BCUT2D eigenvalue weighted by molar-refractivity contribution is -0.201. The fourth-order valence-corrected chi connectivity index (χ4v) is 8.37. The minimum atomic E-state index is -2.03. The van der Waals surface area contributed by atoms with Gasteiger partial charge in [-0.05, 0) is 54.6 Å². The summed E-state index contributed by atoms with van der Waals surface area (Å²) in [5, 5.41) is 10.7. The van der Waals surface area contributed by atoms with Crippen molar-refractivity contribution < 1.29 is 23.5 Å². The van der Waals surface area contributed by atoms with Crippen molar-refractivity contribution in [2.45, 2.75) is 58.0 Å². The highest BCUT2D eigenvalue weighted by molar-refractivity contribution is 8.26. The number of amides is 1. The van der Waals surface area contributed by atoms with Crippen molar-refractivity contribution >= 4 is 22.1 Å². The van der Waals surface area contributed by atoms with Gasteiger partial charge in [0, 0.05) is 43.1 Å². The highest BCUT2D eigenvalue weighted by Gasteiger charge is 2.73. The molecule has 6 unspecified atom stereocenters. The first-order chi connectivity index (χ1) is 14.8. The molecule has 0 aromatic carbocycles. The molecule has 4 nitrogen and oxygen atoms in total. The first-order valence-electron chi connectivity index (χ1n) is 11.3. The minimum Gasteiger partial charge on any atom is -0.390 e. The average Bonchev–Trinajstić information content (AvgIpc) is 2.95. The van der Waals surface area contributed by atoms with Crippen molar-refractivity contribution in [3.8, 4) is 0 Å². The zero-order chi connectivity index (χ0) is 23.8. The fourth-order valence-electron chi connectivity index (χ4n) is 7.39. The Morgan fingerprint density at radius 3 is 2.53 bits per heavy atom. The van der Waals surface area contributed by atoms with E-state index in [1.807, 2.05) is 13.8 Å². The second kappa shape index (κ2) is 7.52. The van der Waals surface area contributed by atoms with Gasteiger partial charge < -0.3 is 10.0 Å². The van der Waals surface area contributed by atoms with Gasteiger partial charge >= 0.3 is 0 Å². The van der Waals surface area contributed by atoms with Crippen molar-refractivity contribution in [2.75, 3.05) is 14.1 Å². The summed E-state index contributed by atoms with van der Waals surface area (Å²) in [4.78, 5) is 26.7. The van der Waals surface area contributed by atoms with E-state index in [2.05, 4.69) is 6.58 Å². The molecule has 0 aliphatic heterocycles. The summed E-state index contributed by atoms with van der Waals surface area (Å²) in [6, 6.07) is 0. The van der Waals surface area contributed by atoms with Crippen LogP contribution in [0.15, 0.2) is 36.0 Å². The maximum absolute atomic E-state index is 17.1. The first-order valence-corrected chi connectivity index (χ1v) is 12.1. The second-order valence-electron chi connectivity index (χ2n) is 10.9. The van der Waals surface area contributed by atoms with E-state index < -0.39 is 40.6 Å². The Labute approximate surface area is 193 Å². The summed E-state index contributed by atoms with van der Waals surface area (Å²) >= 11 is 0.680. The Bertz CT molecular complexity index is 932. The third kappa shape index (κ3) is 3.03. The molecular weight excluding hydrogens is 432 g/mol. The van der Waals surface area contributed by atoms with Gasteiger partial charge in [0.2, 0.25) is 5.12 Å². The van der Waals surface area contributed by atoms with Crippen LogP contribution in [0, 0.1) is 34.5 Å².